The van der Waals surface area contributed by atoms with Crippen LogP contribution in [0.5, 0.6) is 17.5 Å². The molecule has 4 aromatic rings. The Labute approximate surface area is 186 Å². The summed E-state index contributed by atoms with van der Waals surface area (Å²) in [7, 11) is 1.61. The molecule has 6 nitrogen and oxygen atoms in total. The number of aromatic nitrogens is 2. The van der Waals surface area contributed by atoms with Gasteiger partial charge in [-0.1, -0.05) is 42.0 Å². The van der Waals surface area contributed by atoms with E-state index in [-0.39, 0.29) is 11.9 Å². The third-order valence-corrected chi connectivity index (χ3v) is 4.91. The molecule has 0 atom stereocenters. The number of nitrogens with one attached hydrogen (secondary N) is 1. The highest BCUT2D eigenvalue weighted by molar-refractivity contribution is 5.94. The fourth-order valence-electron chi connectivity index (χ4n) is 3.19. The summed E-state index contributed by atoms with van der Waals surface area (Å²) in [5.41, 5.74) is 4.59. The summed E-state index contributed by atoms with van der Waals surface area (Å²) in [6.07, 6.45) is 3.39. The first-order valence-electron chi connectivity index (χ1n) is 10.2. The van der Waals surface area contributed by atoms with Crippen LogP contribution >= 0.6 is 0 Å². The molecule has 6 heteroatoms. The molecule has 160 valence electrons. The van der Waals surface area contributed by atoms with Gasteiger partial charge in [-0.15, -0.1) is 0 Å². The van der Waals surface area contributed by atoms with Gasteiger partial charge in [-0.2, -0.15) is 0 Å². The Bertz CT molecular complexity index is 1190. The molecule has 0 unspecified atom stereocenters. The molecule has 0 aliphatic heterocycles. The molecule has 0 spiro atoms. The summed E-state index contributed by atoms with van der Waals surface area (Å²) in [4.78, 5) is 21.0. The molecule has 0 saturated carbocycles. The van der Waals surface area contributed by atoms with Gasteiger partial charge >= 0.3 is 6.01 Å². The minimum atomic E-state index is -0.113. The zero-order chi connectivity index (χ0) is 22.3. The van der Waals surface area contributed by atoms with Gasteiger partial charge in [0, 0.05) is 30.1 Å². The average molecular weight is 425 g/mol. The van der Waals surface area contributed by atoms with E-state index in [0.29, 0.717) is 17.9 Å². The number of methoxy groups -OCH3 is 1. The van der Waals surface area contributed by atoms with Gasteiger partial charge in [-0.05, 0) is 54.4 Å². The maximum atomic E-state index is 12.4. The van der Waals surface area contributed by atoms with Crippen LogP contribution in [0.3, 0.4) is 0 Å². The van der Waals surface area contributed by atoms with Crippen LogP contribution < -0.4 is 14.8 Å². The zero-order valence-electron chi connectivity index (χ0n) is 17.9. The van der Waals surface area contributed by atoms with Crippen LogP contribution in [0.15, 0.2) is 85.2 Å². The summed E-state index contributed by atoms with van der Waals surface area (Å²) < 4.78 is 10.8. The van der Waals surface area contributed by atoms with Crippen LogP contribution in [0.25, 0.3) is 11.1 Å². The summed E-state index contributed by atoms with van der Waals surface area (Å²) >= 11 is 0. The van der Waals surface area contributed by atoms with E-state index in [2.05, 4.69) is 21.4 Å². The van der Waals surface area contributed by atoms with Crippen molar-refractivity contribution < 1.29 is 14.3 Å². The van der Waals surface area contributed by atoms with E-state index >= 15 is 0 Å². The van der Waals surface area contributed by atoms with Crippen molar-refractivity contribution in [3.63, 3.8) is 0 Å². The summed E-state index contributed by atoms with van der Waals surface area (Å²) in [5.74, 6) is 1.26. The van der Waals surface area contributed by atoms with Gasteiger partial charge in [0.15, 0.2) is 0 Å². The van der Waals surface area contributed by atoms with Crippen LogP contribution in [0.1, 0.15) is 21.5 Å². The van der Waals surface area contributed by atoms with Crippen LogP contribution in [0.2, 0.25) is 0 Å². The molecule has 0 bridgehead atoms. The third kappa shape index (κ3) is 5.29. The highest BCUT2D eigenvalue weighted by Gasteiger charge is 2.08. The van der Waals surface area contributed by atoms with Gasteiger partial charge in [0.2, 0.25) is 0 Å². The third-order valence-electron chi connectivity index (χ3n) is 4.91. The molecule has 0 radical (unpaired) electrons. The van der Waals surface area contributed by atoms with E-state index in [1.54, 1.807) is 43.8 Å². The Kier molecular flexibility index (Phi) is 6.41. The fraction of sp³-hybridized carbons (Fsp3) is 0.115. The van der Waals surface area contributed by atoms with Crippen LogP contribution in [-0.4, -0.2) is 23.0 Å². The first kappa shape index (κ1) is 21.1. The van der Waals surface area contributed by atoms with Crippen molar-refractivity contribution in [1.82, 2.24) is 15.3 Å². The van der Waals surface area contributed by atoms with Gasteiger partial charge in [0.1, 0.15) is 11.5 Å². The molecule has 0 aliphatic rings. The van der Waals surface area contributed by atoms with Gasteiger partial charge < -0.3 is 14.8 Å². The largest absolute Gasteiger partial charge is 0.497 e. The van der Waals surface area contributed by atoms with Crippen LogP contribution in [-0.2, 0) is 6.54 Å². The Hall–Kier alpha value is -4.19. The van der Waals surface area contributed by atoms with Crippen molar-refractivity contribution in [2.45, 2.75) is 13.5 Å². The Morgan fingerprint density at radius 3 is 2.22 bits per heavy atom. The number of ether oxygens (including phenoxy) is 2. The molecular formula is C26H23N3O3. The zero-order valence-corrected chi connectivity index (χ0v) is 17.9. The Morgan fingerprint density at radius 2 is 1.56 bits per heavy atom. The average Bonchev–Trinajstić information content (AvgIpc) is 2.84. The van der Waals surface area contributed by atoms with E-state index < -0.39 is 0 Å². The Morgan fingerprint density at radius 1 is 0.875 bits per heavy atom. The lowest BCUT2D eigenvalue weighted by Gasteiger charge is -2.08. The monoisotopic (exact) mass is 425 g/mol. The normalized spacial score (nSPS) is 10.4. The van der Waals surface area contributed by atoms with Crippen LogP contribution in [0, 0.1) is 6.92 Å². The lowest BCUT2D eigenvalue weighted by atomic mass is 10.1. The smallest absolute Gasteiger partial charge is 0.321 e. The lowest BCUT2D eigenvalue weighted by molar-refractivity contribution is 0.0951. The number of aryl methyl sites for hydroxylation is 1. The molecule has 32 heavy (non-hydrogen) atoms. The van der Waals surface area contributed by atoms with E-state index in [9.17, 15) is 4.79 Å². The molecule has 0 fully saturated rings. The van der Waals surface area contributed by atoms with E-state index in [1.807, 2.05) is 49.4 Å². The number of amides is 1. The van der Waals surface area contributed by atoms with E-state index in [4.69, 9.17) is 9.47 Å². The van der Waals surface area contributed by atoms with Crippen molar-refractivity contribution in [3.8, 4) is 28.6 Å². The second-order valence-electron chi connectivity index (χ2n) is 7.28. The van der Waals surface area contributed by atoms with Crippen molar-refractivity contribution in [3.05, 3.63) is 102 Å². The molecule has 4 rings (SSSR count). The van der Waals surface area contributed by atoms with Gasteiger partial charge in [0.25, 0.3) is 5.91 Å². The number of hydrogen-bond acceptors (Lipinski definition) is 5. The molecule has 1 amide bonds. The minimum Gasteiger partial charge on any atom is -0.497 e. The highest BCUT2D eigenvalue weighted by Crippen LogP contribution is 2.23. The lowest BCUT2D eigenvalue weighted by Crippen LogP contribution is -2.22. The van der Waals surface area contributed by atoms with Gasteiger partial charge in [-0.25, -0.2) is 9.97 Å². The standard InChI is InChI=1S/C26H23N3O3/c1-18-4-3-5-19(14-18)15-27-25(30)21-8-6-20(7-9-21)22-16-28-26(29-17-22)32-24-12-10-23(31-2)11-13-24/h3-14,16-17H,15H2,1-2H3,(H,27,30). The Balaban J connectivity index is 1.37. The molecule has 1 N–H and O–H groups in total. The number of nitrogens with zero attached hydrogens (tertiary/aromatic N) is 2. The topological polar surface area (TPSA) is 73.3 Å². The summed E-state index contributed by atoms with van der Waals surface area (Å²) in [6.45, 7) is 2.53. The van der Waals surface area contributed by atoms with Gasteiger partial charge in [0.05, 0.1) is 7.11 Å². The summed E-state index contributed by atoms with van der Waals surface area (Å²) in [5, 5.41) is 2.95. The van der Waals surface area contributed by atoms with Crippen molar-refractivity contribution >= 4 is 5.91 Å². The second-order valence-corrected chi connectivity index (χ2v) is 7.28. The molecule has 3 aromatic carbocycles. The van der Waals surface area contributed by atoms with Gasteiger partial charge in [-0.3, -0.25) is 4.79 Å². The highest BCUT2D eigenvalue weighted by atomic mass is 16.5. The number of rotatable bonds is 7. The van der Waals surface area contributed by atoms with Crippen molar-refractivity contribution in [2.75, 3.05) is 7.11 Å². The maximum Gasteiger partial charge on any atom is 0.321 e. The molecule has 1 aromatic heterocycles. The molecule has 0 aliphatic carbocycles. The predicted molar refractivity (Wildman–Crippen MR) is 123 cm³/mol. The SMILES string of the molecule is COc1ccc(Oc2ncc(-c3ccc(C(=O)NCc4cccc(C)c4)cc3)cn2)cc1. The predicted octanol–water partition coefficient (Wildman–Crippen LogP) is 5.18. The second kappa shape index (κ2) is 9.75. The first-order valence-corrected chi connectivity index (χ1v) is 10.2. The van der Waals surface area contributed by atoms with Crippen LogP contribution in [0.4, 0.5) is 0 Å². The minimum absolute atomic E-state index is 0.113. The van der Waals surface area contributed by atoms with E-state index in [0.717, 1.165) is 22.4 Å². The first-order chi connectivity index (χ1) is 15.6. The summed E-state index contributed by atoms with van der Waals surface area (Å²) in [6, 6.07) is 22.9. The molecule has 0 saturated heterocycles. The molecule has 1 heterocycles. The van der Waals surface area contributed by atoms with E-state index in [1.165, 1.54) is 5.56 Å². The van der Waals surface area contributed by atoms with Crippen molar-refractivity contribution in [1.29, 1.82) is 0 Å². The number of carbonyl (C=O) groups is 1. The van der Waals surface area contributed by atoms with Crippen molar-refractivity contribution in [2.24, 2.45) is 0 Å². The maximum absolute atomic E-state index is 12.4. The number of carbonyl (C=O) groups excluding carboxylic acids is 1. The quantitative estimate of drug-likeness (QED) is 0.441. The molecular weight excluding hydrogens is 402 g/mol. The number of benzene rings is 3. The number of hydrogen-bond donors (Lipinski definition) is 1. The fourth-order valence-corrected chi connectivity index (χ4v) is 3.19.